The van der Waals surface area contributed by atoms with Gasteiger partial charge in [-0.2, -0.15) is 5.10 Å². The van der Waals surface area contributed by atoms with Crippen LogP contribution in [-0.2, 0) is 4.79 Å². The van der Waals surface area contributed by atoms with Gasteiger partial charge in [0.25, 0.3) is 0 Å². The van der Waals surface area contributed by atoms with Crippen molar-refractivity contribution in [1.29, 1.82) is 0 Å². The third kappa shape index (κ3) is 5.20. The van der Waals surface area contributed by atoms with Crippen molar-refractivity contribution in [3.8, 4) is 5.69 Å². The average Bonchev–Trinajstić information content (AvgIpc) is 2.85. The topological polar surface area (TPSA) is 62.2 Å². The van der Waals surface area contributed by atoms with Gasteiger partial charge in [-0.25, -0.2) is 4.68 Å². The molecular weight excluding hydrogens is 373 g/mol. The molecule has 3 rings (SSSR count). The van der Waals surface area contributed by atoms with Gasteiger partial charge in [-0.05, 0) is 32.9 Å². The molecule has 0 radical (unpaired) electrons. The largest absolute Gasteiger partial charge is 0.322 e. The molecule has 0 atom stereocenters. The number of amides is 1. The maximum Gasteiger partial charge on any atom is 0.238 e. The van der Waals surface area contributed by atoms with Crippen LogP contribution >= 0.6 is 24.8 Å². The van der Waals surface area contributed by atoms with Gasteiger partial charge >= 0.3 is 0 Å². The van der Waals surface area contributed by atoms with Gasteiger partial charge in [0.05, 0.1) is 29.3 Å². The van der Waals surface area contributed by atoms with Crippen LogP contribution in [0.4, 0.5) is 5.69 Å². The molecule has 8 heteroatoms. The molecule has 144 valence electrons. The Morgan fingerprint density at radius 2 is 1.73 bits per heavy atom. The molecule has 1 aromatic carbocycles. The van der Waals surface area contributed by atoms with Gasteiger partial charge in [-0.15, -0.1) is 24.8 Å². The molecular formula is C18H27Cl2N5O. The standard InChI is InChI=1S/C18H25N5O.2ClH/c1-13-4-6-16(7-5-13)23-15(3)18(14(2)21-23)20-17(24)12-22-10-8-19-9-11-22;;/h4-7,19H,8-12H2,1-3H3,(H,20,24);2*1H. The highest BCUT2D eigenvalue weighted by atomic mass is 35.5. The van der Waals surface area contributed by atoms with Gasteiger partial charge in [0.2, 0.25) is 5.91 Å². The molecule has 2 N–H and O–H groups in total. The maximum atomic E-state index is 12.4. The van der Waals surface area contributed by atoms with E-state index in [4.69, 9.17) is 0 Å². The van der Waals surface area contributed by atoms with Crippen LogP contribution in [0.2, 0.25) is 0 Å². The highest BCUT2D eigenvalue weighted by Gasteiger charge is 2.18. The molecule has 1 aliphatic rings. The van der Waals surface area contributed by atoms with Gasteiger partial charge < -0.3 is 10.6 Å². The first-order valence-electron chi connectivity index (χ1n) is 8.41. The Morgan fingerprint density at radius 3 is 2.35 bits per heavy atom. The quantitative estimate of drug-likeness (QED) is 0.828. The lowest BCUT2D eigenvalue weighted by atomic mass is 10.2. The molecule has 1 fully saturated rings. The number of anilines is 1. The van der Waals surface area contributed by atoms with Crippen LogP contribution in [0.3, 0.4) is 0 Å². The van der Waals surface area contributed by atoms with E-state index < -0.39 is 0 Å². The number of piperazine rings is 1. The van der Waals surface area contributed by atoms with Crippen molar-refractivity contribution in [1.82, 2.24) is 20.0 Å². The highest BCUT2D eigenvalue weighted by Crippen LogP contribution is 2.23. The lowest BCUT2D eigenvalue weighted by Gasteiger charge is -2.26. The smallest absolute Gasteiger partial charge is 0.238 e. The van der Waals surface area contributed by atoms with Gasteiger partial charge in [0.1, 0.15) is 0 Å². The number of carbonyl (C=O) groups is 1. The minimum absolute atomic E-state index is 0. The summed E-state index contributed by atoms with van der Waals surface area (Å²) in [6.07, 6.45) is 0. The fourth-order valence-electron chi connectivity index (χ4n) is 3.01. The summed E-state index contributed by atoms with van der Waals surface area (Å²) in [6.45, 7) is 10.1. The number of benzene rings is 1. The molecule has 0 saturated carbocycles. The molecule has 26 heavy (non-hydrogen) atoms. The normalized spacial score (nSPS) is 14.3. The first-order chi connectivity index (χ1) is 11.5. The van der Waals surface area contributed by atoms with E-state index in [1.807, 2.05) is 30.7 Å². The molecule has 0 aliphatic carbocycles. The lowest BCUT2D eigenvalue weighted by molar-refractivity contribution is -0.117. The van der Waals surface area contributed by atoms with Crippen LogP contribution in [0.5, 0.6) is 0 Å². The summed E-state index contributed by atoms with van der Waals surface area (Å²) in [6, 6.07) is 8.21. The van der Waals surface area contributed by atoms with E-state index in [2.05, 4.69) is 39.7 Å². The third-order valence-electron chi connectivity index (χ3n) is 4.41. The monoisotopic (exact) mass is 399 g/mol. The zero-order chi connectivity index (χ0) is 17.1. The Balaban J connectivity index is 0.00000169. The number of hydrogen-bond donors (Lipinski definition) is 2. The first kappa shape index (κ1) is 22.4. The second-order valence-corrected chi connectivity index (χ2v) is 6.37. The molecule has 1 saturated heterocycles. The second kappa shape index (κ2) is 9.92. The Morgan fingerprint density at radius 1 is 1.12 bits per heavy atom. The SMILES string of the molecule is Cc1ccc(-n2nc(C)c(NC(=O)CN3CCNCC3)c2C)cc1.Cl.Cl. The van der Waals surface area contributed by atoms with E-state index in [1.165, 1.54) is 5.56 Å². The van der Waals surface area contributed by atoms with Crippen LogP contribution in [0.15, 0.2) is 24.3 Å². The summed E-state index contributed by atoms with van der Waals surface area (Å²) in [5.74, 6) is 0.0200. The maximum absolute atomic E-state index is 12.4. The number of nitrogens with zero attached hydrogens (tertiary/aromatic N) is 3. The Labute approximate surface area is 167 Å². The Hall–Kier alpha value is -1.60. The summed E-state index contributed by atoms with van der Waals surface area (Å²) < 4.78 is 1.88. The van der Waals surface area contributed by atoms with E-state index in [0.717, 1.165) is 48.9 Å². The van der Waals surface area contributed by atoms with Gasteiger partial charge in [-0.3, -0.25) is 9.69 Å². The zero-order valence-electron chi connectivity index (χ0n) is 15.4. The van der Waals surface area contributed by atoms with Crippen LogP contribution in [0, 0.1) is 20.8 Å². The van der Waals surface area contributed by atoms with Crippen molar-refractivity contribution in [2.45, 2.75) is 20.8 Å². The lowest BCUT2D eigenvalue weighted by Crippen LogP contribution is -2.46. The molecule has 1 aromatic heterocycles. The molecule has 1 aliphatic heterocycles. The number of carbonyl (C=O) groups excluding carboxylic acids is 1. The van der Waals surface area contributed by atoms with Crippen molar-refractivity contribution in [3.05, 3.63) is 41.2 Å². The number of nitrogens with one attached hydrogen (secondary N) is 2. The Bertz CT molecular complexity index is 724. The summed E-state index contributed by atoms with van der Waals surface area (Å²) >= 11 is 0. The zero-order valence-corrected chi connectivity index (χ0v) is 17.0. The van der Waals surface area contributed by atoms with Crippen molar-refractivity contribution < 1.29 is 4.79 Å². The van der Waals surface area contributed by atoms with Crippen LogP contribution in [-0.4, -0.2) is 53.3 Å². The van der Waals surface area contributed by atoms with E-state index in [9.17, 15) is 4.79 Å². The third-order valence-corrected chi connectivity index (χ3v) is 4.41. The fraction of sp³-hybridized carbons (Fsp3) is 0.444. The van der Waals surface area contributed by atoms with Crippen LogP contribution in [0.25, 0.3) is 5.69 Å². The number of hydrogen-bond acceptors (Lipinski definition) is 4. The first-order valence-corrected chi connectivity index (χ1v) is 8.41. The van der Waals surface area contributed by atoms with Crippen molar-refractivity contribution in [2.75, 3.05) is 38.0 Å². The number of halogens is 2. The van der Waals surface area contributed by atoms with Crippen LogP contribution in [0.1, 0.15) is 17.0 Å². The fourth-order valence-corrected chi connectivity index (χ4v) is 3.01. The molecule has 2 aromatic rings. The van der Waals surface area contributed by atoms with Gasteiger partial charge in [-0.1, -0.05) is 17.7 Å². The van der Waals surface area contributed by atoms with E-state index in [0.29, 0.717) is 6.54 Å². The van der Waals surface area contributed by atoms with E-state index in [1.54, 1.807) is 0 Å². The number of aromatic nitrogens is 2. The number of rotatable bonds is 4. The predicted octanol–water partition coefficient (Wildman–Crippen LogP) is 2.48. The molecule has 0 spiro atoms. The van der Waals surface area contributed by atoms with E-state index in [-0.39, 0.29) is 30.7 Å². The average molecular weight is 400 g/mol. The summed E-state index contributed by atoms with van der Waals surface area (Å²) in [4.78, 5) is 14.5. The predicted molar refractivity (Wildman–Crippen MR) is 110 cm³/mol. The van der Waals surface area contributed by atoms with Crippen molar-refractivity contribution in [3.63, 3.8) is 0 Å². The summed E-state index contributed by atoms with van der Waals surface area (Å²) in [5.41, 5.74) is 4.82. The molecule has 0 bridgehead atoms. The van der Waals surface area contributed by atoms with Gasteiger partial charge in [0, 0.05) is 26.2 Å². The van der Waals surface area contributed by atoms with Gasteiger partial charge in [0.15, 0.2) is 0 Å². The molecule has 0 unspecified atom stereocenters. The van der Waals surface area contributed by atoms with Crippen LogP contribution < -0.4 is 10.6 Å². The van der Waals surface area contributed by atoms with Crippen molar-refractivity contribution >= 4 is 36.4 Å². The Kier molecular flexibility index (Phi) is 8.56. The highest BCUT2D eigenvalue weighted by molar-refractivity contribution is 5.93. The minimum atomic E-state index is 0. The molecule has 6 nitrogen and oxygen atoms in total. The summed E-state index contributed by atoms with van der Waals surface area (Å²) in [5, 5.41) is 10.9. The van der Waals surface area contributed by atoms with E-state index >= 15 is 0 Å². The molecule has 2 heterocycles. The minimum Gasteiger partial charge on any atom is -0.322 e. The number of aryl methyl sites for hydroxylation is 2. The van der Waals surface area contributed by atoms with Crippen molar-refractivity contribution in [2.24, 2.45) is 0 Å². The second-order valence-electron chi connectivity index (χ2n) is 6.37. The molecule has 1 amide bonds. The summed E-state index contributed by atoms with van der Waals surface area (Å²) in [7, 11) is 0.